The number of morpholine rings is 1. The molecule has 1 aliphatic rings. The number of carbonyl (C=O) groups excluding carboxylic acids is 1. The number of nitrogens with zero attached hydrogens (tertiary/aromatic N) is 1. The van der Waals surface area contributed by atoms with E-state index in [0.29, 0.717) is 16.4 Å². The molecule has 1 N–H and O–H groups in total. The van der Waals surface area contributed by atoms with Crippen LogP contribution < -0.4 is 0 Å². The van der Waals surface area contributed by atoms with Crippen molar-refractivity contribution >= 4 is 34.8 Å². The second kappa shape index (κ2) is 6.70. The van der Waals surface area contributed by atoms with Crippen LogP contribution in [0.1, 0.15) is 9.67 Å². The highest BCUT2D eigenvalue weighted by Crippen LogP contribution is 2.30. The largest absolute Gasteiger partial charge is 0.479 e. The van der Waals surface area contributed by atoms with Gasteiger partial charge in [-0.3, -0.25) is 4.79 Å². The molecule has 120 valence electrons. The first-order valence-electron chi connectivity index (χ1n) is 7.04. The third-order valence-corrected chi connectivity index (χ3v) is 4.95. The Morgan fingerprint density at radius 1 is 1.22 bits per heavy atom. The van der Waals surface area contributed by atoms with E-state index < -0.39 is 12.1 Å². The molecule has 1 aliphatic heterocycles. The number of amides is 1. The molecule has 1 aromatic carbocycles. The fourth-order valence-electron chi connectivity index (χ4n) is 2.36. The summed E-state index contributed by atoms with van der Waals surface area (Å²) in [6, 6.07) is 11.1. The molecule has 1 saturated heterocycles. The van der Waals surface area contributed by atoms with Gasteiger partial charge in [0.05, 0.1) is 18.0 Å². The molecule has 1 aromatic heterocycles. The molecule has 7 heteroatoms. The quantitative estimate of drug-likeness (QED) is 0.923. The minimum absolute atomic E-state index is 0.0718. The van der Waals surface area contributed by atoms with Crippen LogP contribution in [0.5, 0.6) is 0 Å². The molecule has 0 saturated carbocycles. The van der Waals surface area contributed by atoms with Crippen molar-refractivity contribution in [3.8, 4) is 10.4 Å². The molecule has 0 bridgehead atoms. The second-order valence-corrected chi connectivity index (χ2v) is 6.64. The third kappa shape index (κ3) is 3.55. The van der Waals surface area contributed by atoms with Crippen molar-refractivity contribution < 1.29 is 19.4 Å². The van der Waals surface area contributed by atoms with Crippen molar-refractivity contribution in [3.05, 3.63) is 46.3 Å². The fraction of sp³-hybridized carbons (Fsp3) is 0.250. The molecule has 0 unspecified atom stereocenters. The van der Waals surface area contributed by atoms with Crippen molar-refractivity contribution in [2.75, 3.05) is 19.7 Å². The maximum atomic E-state index is 12.5. The number of carboxylic acids is 1. The number of hydrogen-bond acceptors (Lipinski definition) is 4. The summed E-state index contributed by atoms with van der Waals surface area (Å²) >= 11 is 7.26. The normalized spacial score (nSPS) is 18.0. The summed E-state index contributed by atoms with van der Waals surface area (Å²) in [5.41, 5.74) is 0.990. The standard InChI is InChI=1S/C16H14ClNO4S/c17-11-3-1-10(2-4-11)13-5-6-14(23-13)15(19)18-7-8-22-12(9-18)16(20)21/h1-6,12H,7-9H2,(H,20,21)/t12-/m1/s1. The molecule has 1 fully saturated rings. The van der Waals surface area contributed by atoms with E-state index in [1.165, 1.54) is 16.2 Å². The zero-order chi connectivity index (χ0) is 16.4. The summed E-state index contributed by atoms with van der Waals surface area (Å²) in [6.07, 6.45) is -0.955. The van der Waals surface area contributed by atoms with Gasteiger partial charge in [-0.25, -0.2) is 4.79 Å². The van der Waals surface area contributed by atoms with Crippen molar-refractivity contribution in [2.45, 2.75) is 6.10 Å². The van der Waals surface area contributed by atoms with E-state index >= 15 is 0 Å². The first kappa shape index (κ1) is 16.0. The maximum Gasteiger partial charge on any atom is 0.334 e. The van der Waals surface area contributed by atoms with Gasteiger partial charge in [0.1, 0.15) is 0 Å². The highest BCUT2D eigenvalue weighted by atomic mass is 35.5. The average molecular weight is 352 g/mol. The number of ether oxygens (including phenoxy) is 1. The van der Waals surface area contributed by atoms with Crippen LogP contribution in [0.3, 0.4) is 0 Å². The van der Waals surface area contributed by atoms with Crippen LogP contribution in [0.25, 0.3) is 10.4 Å². The zero-order valence-electron chi connectivity index (χ0n) is 12.1. The van der Waals surface area contributed by atoms with E-state index in [2.05, 4.69) is 0 Å². The van der Waals surface area contributed by atoms with Gasteiger partial charge >= 0.3 is 5.97 Å². The predicted molar refractivity (Wildman–Crippen MR) is 88.0 cm³/mol. The van der Waals surface area contributed by atoms with Crippen molar-refractivity contribution in [1.29, 1.82) is 0 Å². The summed E-state index contributed by atoms with van der Waals surface area (Å²) in [6.45, 7) is 0.706. The van der Waals surface area contributed by atoms with Crippen molar-refractivity contribution in [2.24, 2.45) is 0 Å². The molecule has 23 heavy (non-hydrogen) atoms. The van der Waals surface area contributed by atoms with E-state index in [1.807, 2.05) is 18.2 Å². The van der Waals surface area contributed by atoms with Gasteiger partial charge in [0, 0.05) is 16.4 Å². The Morgan fingerprint density at radius 2 is 1.96 bits per heavy atom. The minimum Gasteiger partial charge on any atom is -0.479 e. The number of carboxylic acid groups (broad SMARTS) is 1. The van der Waals surface area contributed by atoms with E-state index in [-0.39, 0.29) is 19.1 Å². The molecule has 1 amide bonds. The second-order valence-electron chi connectivity index (χ2n) is 5.12. The van der Waals surface area contributed by atoms with Gasteiger partial charge in [0.25, 0.3) is 5.91 Å². The summed E-state index contributed by atoms with van der Waals surface area (Å²) < 4.78 is 5.14. The van der Waals surface area contributed by atoms with Gasteiger partial charge < -0.3 is 14.7 Å². The van der Waals surface area contributed by atoms with Gasteiger partial charge in [0.2, 0.25) is 0 Å². The van der Waals surface area contributed by atoms with Crippen LogP contribution in [0.15, 0.2) is 36.4 Å². The lowest BCUT2D eigenvalue weighted by Crippen LogP contribution is -2.48. The summed E-state index contributed by atoms with van der Waals surface area (Å²) in [5, 5.41) is 9.67. The minimum atomic E-state index is -1.05. The Bertz CT molecular complexity index is 728. The Morgan fingerprint density at radius 3 is 2.65 bits per heavy atom. The molecular formula is C16H14ClNO4S. The number of benzene rings is 1. The maximum absolute atomic E-state index is 12.5. The lowest BCUT2D eigenvalue weighted by molar-refractivity contribution is -0.154. The predicted octanol–water partition coefficient (Wildman–Crippen LogP) is 2.99. The van der Waals surface area contributed by atoms with Crippen molar-refractivity contribution in [1.82, 2.24) is 4.90 Å². The van der Waals surface area contributed by atoms with Gasteiger partial charge in [-0.1, -0.05) is 23.7 Å². The van der Waals surface area contributed by atoms with Crippen LogP contribution in [-0.2, 0) is 9.53 Å². The molecule has 0 aliphatic carbocycles. The molecule has 2 aromatic rings. The Balaban J connectivity index is 1.75. The molecule has 1 atom stereocenters. The lowest BCUT2D eigenvalue weighted by atomic mass is 10.2. The number of aliphatic carboxylic acids is 1. The first-order chi connectivity index (χ1) is 11.0. The molecular weight excluding hydrogens is 338 g/mol. The zero-order valence-corrected chi connectivity index (χ0v) is 13.6. The summed E-state index contributed by atoms with van der Waals surface area (Å²) in [5.74, 6) is -1.21. The molecule has 5 nitrogen and oxygen atoms in total. The van der Waals surface area contributed by atoms with Crippen LogP contribution in [0, 0.1) is 0 Å². The SMILES string of the molecule is O=C(O)[C@H]1CN(C(=O)c2ccc(-c3ccc(Cl)cc3)s2)CCO1. The summed E-state index contributed by atoms with van der Waals surface area (Å²) in [7, 11) is 0. The number of thiophene rings is 1. The van der Waals surface area contributed by atoms with Gasteiger partial charge in [-0.2, -0.15) is 0 Å². The fourth-order valence-corrected chi connectivity index (χ4v) is 3.47. The Hall–Kier alpha value is -1.89. The smallest absolute Gasteiger partial charge is 0.334 e. The molecule has 2 heterocycles. The van der Waals surface area contributed by atoms with E-state index in [9.17, 15) is 9.59 Å². The van der Waals surface area contributed by atoms with Gasteiger partial charge in [0.15, 0.2) is 6.10 Å². The first-order valence-corrected chi connectivity index (χ1v) is 8.23. The highest BCUT2D eigenvalue weighted by molar-refractivity contribution is 7.17. The number of hydrogen-bond donors (Lipinski definition) is 1. The van der Waals surface area contributed by atoms with E-state index in [4.69, 9.17) is 21.4 Å². The molecule has 3 rings (SSSR count). The van der Waals surface area contributed by atoms with E-state index in [1.54, 1.807) is 18.2 Å². The van der Waals surface area contributed by atoms with Gasteiger partial charge in [-0.05, 0) is 29.8 Å². The lowest BCUT2D eigenvalue weighted by Gasteiger charge is -2.30. The van der Waals surface area contributed by atoms with Crippen LogP contribution in [0.4, 0.5) is 0 Å². The van der Waals surface area contributed by atoms with Crippen molar-refractivity contribution in [3.63, 3.8) is 0 Å². The molecule has 0 spiro atoms. The average Bonchev–Trinajstić information content (AvgIpc) is 3.05. The highest BCUT2D eigenvalue weighted by Gasteiger charge is 2.30. The Kier molecular flexibility index (Phi) is 4.66. The number of carbonyl (C=O) groups is 2. The monoisotopic (exact) mass is 351 g/mol. The third-order valence-electron chi connectivity index (χ3n) is 3.57. The number of halogens is 1. The topological polar surface area (TPSA) is 66.8 Å². The number of rotatable bonds is 3. The van der Waals surface area contributed by atoms with Crippen LogP contribution >= 0.6 is 22.9 Å². The summed E-state index contributed by atoms with van der Waals surface area (Å²) in [4.78, 5) is 26.6. The van der Waals surface area contributed by atoms with Gasteiger partial charge in [-0.15, -0.1) is 11.3 Å². The molecule has 0 radical (unpaired) electrons. The Labute approximate surface area is 142 Å². The van der Waals surface area contributed by atoms with Crippen LogP contribution in [-0.4, -0.2) is 47.7 Å². The van der Waals surface area contributed by atoms with E-state index in [0.717, 1.165) is 10.4 Å². The van der Waals surface area contributed by atoms with Crippen LogP contribution in [0.2, 0.25) is 5.02 Å².